The highest BCUT2D eigenvalue weighted by molar-refractivity contribution is 5.99. The Hall–Kier alpha value is -2.33. The third-order valence-corrected chi connectivity index (χ3v) is 4.17. The zero-order valence-electron chi connectivity index (χ0n) is 13.1. The first-order valence-corrected chi connectivity index (χ1v) is 8.08. The molecule has 0 radical (unpaired) electrons. The van der Waals surface area contributed by atoms with Crippen molar-refractivity contribution >= 4 is 11.6 Å². The number of β-amino-alcohol motifs (C(OH)–C–C–N with tert-alkyl or cyclic N) is 1. The molecule has 0 spiro atoms. The summed E-state index contributed by atoms with van der Waals surface area (Å²) in [5.74, 6) is -0.0140. The quantitative estimate of drug-likeness (QED) is 0.913. The Morgan fingerprint density at radius 1 is 1.13 bits per heavy atom. The Morgan fingerprint density at radius 2 is 1.87 bits per heavy atom. The molecule has 4 nitrogen and oxygen atoms in total. The van der Waals surface area contributed by atoms with Crippen LogP contribution in [-0.4, -0.2) is 35.1 Å². The lowest BCUT2D eigenvalue weighted by Crippen LogP contribution is -2.42. The molecule has 2 aromatic carbocycles. The molecule has 4 heteroatoms. The van der Waals surface area contributed by atoms with E-state index in [1.807, 2.05) is 42.5 Å². The molecule has 1 fully saturated rings. The summed E-state index contributed by atoms with van der Waals surface area (Å²) >= 11 is 0. The Balaban J connectivity index is 1.73. The van der Waals surface area contributed by atoms with Gasteiger partial charge in [-0.2, -0.15) is 0 Å². The van der Waals surface area contributed by atoms with Crippen LogP contribution < -0.4 is 5.32 Å². The van der Waals surface area contributed by atoms with Gasteiger partial charge in [0.1, 0.15) is 0 Å². The van der Waals surface area contributed by atoms with E-state index in [9.17, 15) is 9.90 Å². The van der Waals surface area contributed by atoms with Crippen LogP contribution >= 0.6 is 0 Å². The average Bonchev–Trinajstić information content (AvgIpc) is 2.60. The van der Waals surface area contributed by atoms with Gasteiger partial charge in [0.2, 0.25) is 0 Å². The van der Waals surface area contributed by atoms with Crippen LogP contribution in [0, 0.1) is 0 Å². The minimum Gasteiger partial charge on any atom is -0.391 e. The van der Waals surface area contributed by atoms with Crippen molar-refractivity contribution in [3.63, 3.8) is 0 Å². The van der Waals surface area contributed by atoms with Gasteiger partial charge in [-0.25, -0.2) is 0 Å². The van der Waals surface area contributed by atoms with E-state index in [1.165, 1.54) is 5.56 Å². The van der Waals surface area contributed by atoms with E-state index >= 15 is 0 Å². The molecule has 1 aliphatic rings. The van der Waals surface area contributed by atoms with Crippen LogP contribution in [0.5, 0.6) is 0 Å². The maximum atomic E-state index is 12.8. The summed E-state index contributed by atoms with van der Waals surface area (Å²) in [5.41, 5.74) is 2.67. The molecule has 1 atom stereocenters. The molecule has 0 unspecified atom stereocenters. The summed E-state index contributed by atoms with van der Waals surface area (Å²) in [6.07, 6.45) is 1.22. The second-order valence-corrected chi connectivity index (χ2v) is 5.93. The van der Waals surface area contributed by atoms with Crippen LogP contribution in [0.15, 0.2) is 54.6 Å². The van der Waals surface area contributed by atoms with Gasteiger partial charge in [0, 0.05) is 25.3 Å². The molecule has 2 N–H and O–H groups in total. The Labute approximate surface area is 136 Å². The average molecular weight is 310 g/mol. The second-order valence-electron chi connectivity index (χ2n) is 5.93. The number of anilines is 1. The largest absolute Gasteiger partial charge is 0.391 e. The number of hydrogen-bond donors (Lipinski definition) is 2. The number of likely N-dealkylation sites (tertiary alicyclic amines) is 1. The van der Waals surface area contributed by atoms with Crippen molar-refractivity contribution in [1.82, 2.24) is 4.90 Å². The molecule has 0 saturated carbocycles. The third-order valence-electron chi connectivity index (χ3n) is 4.17. The van der Waals surface area contributed by atoms with Crippen molar-refractivity contribution in [1.29, 1.82) is 0 Å². The number of para-hydroxylation sites is 1. The topological polar surface area (TPSA) is 52.6 Å². The number of hydrogen-bond acceptors (Lipinski definition) is 3. The number of nitrogens with zero attached hydrogens (tertiary/aromatic N) is 1. The van der Waals surface area contributed by atoms with Crippen LogP contribution in [0.2, 0.25) is 0 Å². The van der Waals surface area contributed by atoms with Crippen LogP contribution in [0.4, 0.5) is 5.69 Å². The number of benzene rings is 2. The lowest BCUT2D eigenvalue weighted by atomic mass is 10.1. The molecule has 1 saturated heterocycles. The molecule has 120 valence electrons. The summed E-state index contributed by atoms with van der Waals surface area (Å²) in [6, 6.07) is 17.7. The van der Waals surface area contributed by atoms with E-state index in [-0.39, 0.29) is 5.91 Å². The molecule has 1 aliphatic heterocycles. The maximum Gasteiger partial charge on any atom is 0.256 e. The Morgan fingerprint density at radius 3 is 2.65 bits per heavy atom. The van der Waals surface area contributed by atoms with Crippen molar-refractivity contribution < 1.29 is 9.90 Å². The van der Waals surface area contributed by atoms with Gasteiger partial charge >= 0.3 is 0 Å². The molecule has 2 aromatic rings. The van der Waals surface area contributed by atoms with E-state index in [1.54, 1.807) is 4.90 Å². The van der Waals surface area contributed by atoms with Gasteiger partial charge in [-0.15, -0.1) is 0 Å². The number of nitrogens with one attached hydrogen (secondary N) is 1. The van der Waals surface area contributed by atoms with E-state index < -0.39 is 6.10 Å². The standard InChI is InChI=1S/C19H22N2O2/c22-16-9-6-12-21(14-16)19(23)17-10-4-5-11-18(17)20-13-15-7-2-1-3-8-15/h1-5,7-8,10-11,16,20,22H,6,9,12-14H2/t16-/m1/s1. The normalized spacial score (nSPS) is 17.8. The van der Waals surface area contributed by atoms with Gasteiger partial charge < -0.3 is 15.3 Å². The first-order chi connectivity index (χ1) is 11.2. The van der Waals surface area contributed by atoms with Gasteiger partial charge in [-0.3, -0.25) is 4.79 Å². The van der Waals surface area contributed by atoms with E-state index in [0.717, 1.165) is 18.5 Å². The fourth-order valence-corrected chi connectivity index (χ4v) is 2.93. The minimum atomic E-state index is -0.405. The smallest absolute Gasteiger partial charge is 0.256 e. The van der Waals surface area contributed by atoms with E-state index in [4.69, 9.17) is 0 Å². The third kappa shape index (κ3) is 3.90. The monoisotopic (exact) mass is 310 g/mol. The molecular formula is C19H22N2O2. The van der Waals surface area contributed by atoms with Crippen molar-refractivity contribution in [3.05, 3.63) is 65.7 Å². The van der Waals surface area contributed by atoms with E-state index in [2.05, 4.69) is 17.4 Å². The zero-order chi connectivity index (χ0) is 16.1. The highest BCUT2D eigenvalue weighted by Gasteiger charge is 2.24. The summed E-state index contributed by atoms with van der Waals surface area (Å²) in [7, 11) is 0. The van der Waals surface area contributed by atoms with Crippen LogP contribution in [0.1, 0.15) is 28.8 Å². The maximum absolute atomic E-state index is 12.8. The van der Waals surface area contributed by atoms with E-state index in [0.29, 0.717) is 25.2 Å². The van der Waals surface area contributed by atoms with Crippen LogP contribution in [0.25, 0.3) is 0 Å². The second kappa shape index (κ2) is 7.29. The van der Waals surface area contributed by atoms with Crippen LogP contribution in [-0.2, 0) is 6.54 Å². The summed E-state index contributed by atoms with van der Waals surface area (Å²) in [6.45, 7) is 1.81. The van der Waals surface area contributed by atoms with Gasteiger partial charge in [0.15, 0.2) is 0 Å². The van der Waals surface area contributed by atoms with Crippen molar-refractivity contribution in [2.45, 2.75) is 25.5 Å². The number of carbonyl (C=O) groups is 1. The molecule has 23 heavy (non-hydrogen) atoms. The first-order valence-electron chi connectivity index (χ1n) is 8.08. The number of aliphatic hydroxyl groups is 1. The van der Waals surface area contributed by atoms with Crippen LogP contribution in [0.3, 0.4) is 0 Å². The number of amides is 1. The van der Waals surface area contributed by atoms with Gasteiger partial charge in [-0.1, -0.05) is 42.5 Å². The number of carbonyl (C=O) groups excluding carboxylic acids is 1. The fraction of sp³-hybridized carbons (Fsp3) is 0.316. The molecule has 3 rings (SSSR count). The Bertz CT molecular complexity index is 657. The number of rotatable bonds is 4. The lowest BCUT2D eigenvalue weighted by molar-refractivity contribution is 0.0474. The minimum absolute atomic E-state index is 0.0140. The Kier molecular flexibility index (Phi) is 4.93. The first kappa shape index (κ1) is 15.6. The highest BCUT2D eigenvalue weighted by atomic mass is 16.3. The van der Waals surface area contributed by atoms with Crippen molar-refractivity contribution in [2.24, 2.45) is 0 Å². The van der Waals surface area contributed by atoms with Gasteiger partial charge in [0.05, 0.1) is 11.7 Å². The molecular weight excluding hydrogens is 288 g/mol. The SMILES string of the molecule is O=C(c1ccccc1NCc1ccccc1)N1CCC[C@@H](O)C1. The summed E-state index contributed by atoms with van der Waals surface area (Å²) in [5, 5.41) is 13.1. The molecule has 0 bridgehead atoms. The molecule has 0 aliphatic carbocycles. The molecule has 1 heterocycles. The highest BCUT2D eigenvalue weighted by Crippen LogP contribution is 2.20. The molecule has 0 aromatic heterocycles. The fourth-order valence-electron chi connectivity index (χ4n) is 2.93. The predicted molar refractivity (Wildman–Crippen MR) is 91.4 cm³/mol. The predicted octanol–water partition coefficient (Wildman–Crippen LogP) is 2.90. The number of aliphatic hydroxyl groups excluding tert-OH is 1. The zero-order valence-corrected chi connectivity index (χ0v) is 13.1. The van der Waals surface area contributed by atoms with Crippen molar-refractivity contribution in [2.75, 3.05) is 18.4 Å². The summed E-state index contributed by atoms with van der Waals surface area (Å²) < 4.78 is 0. The number of piperidine rings is 1. The van der Waals surface area contributed by atoms with Gasteiger partial charge in [0.25, 0.3) is 5.91 Å². The van der Waals surface area contributed by atoms with Crippen molar-refractivity contribution in [3.8, 4) is 0 Å². The summed E-state index contributed by atoms with van der Waals surface area (Å²) in [4.78, 5) is 14.5. The molecule has 1 amide bonds. The van der Waals surface area contributed by atoms with Gasteiger partial charge in [-0.05, 0) is 30.5 Å². The lowest BCUT2D eigenvalue weighted by Gasteiger charge is -2.30.